The highest BCUT2D eigenvalue weighted by molar-refractivity contribution is 7.99. The molecule has 2 aromatic rings. The summed E-state index contributed by atoms with van der Waals surface area (Å²) >= 11 is 1.11. The number of aromatic amines is 1. The number of nitrogens with one attached hydrogen (secondary N) is 1. The first-order valence-corrected chi connectivity index (χ1v) is 6.31. The lowest BCUT2D eigenvalue weighted by Crippen LogP contribution is -2.05. The van der Waals surface area contributed by atoms with Crippen LogP contribution < -0.4 is 5.56 Å². The summed E-state index contributed by atoms with van der Waals surface area (Å²) in [6, 6.07) is 5.46. The molecule has 0 fully saturated rings. The molecule has 0 saturated heterocycles. The van der Waals surface area contributed by atoms with Crippen LogP contribution in [0.2, 0.25) is 0 Å². The smallest absolute Gasteiger partial charge is 0.280 e. The summed E-state index contributed by atoms with van der Waals surface area (Å²) in [7, 11) is 0. The van der Waals surface area contributed by atoms with Gasteiger partial charge in [0.15, 0.2) is 10.9 Å². The van der Waals surface area contributed by atoms with Crippen molar-refractivity contribution in [2.24, 2.45) is 0 Å². The molecule has 0 bridgehead atoms. The van der Waals surface area contributed by atoms with Crippen LogP contribution in [0.5, 0.6) is 0 Å². The minimum absolute atomic E-state index is 0.0262. The Morgan fingerprint density at radius 1 is 1.40 bits per heavy atom. The first kappa shape index (κ1) is 13.9. The van der Waals surface area contributed by atoms with E-state index in [0.717, 1.165) is 11.8 Å². The van der Waals surface area contributed by atoms with E-state index in [1.54, 1.807) is 0 Å². The fourth-order valence-corrected chi connectivity index (χ4v) is 2.34. The van der Waals surface area contributed by atoms with Crippen molar-refractivity contribution in [1.82, 2.24) is 9.97 Å². The van der Waals surface area contributed by atoms with Gasteiger partial charge in [-0.3, -0.25) is 19.7 Å². The number of ketones is 1. The maximum Gasteiger partial charge on any atom is 0.280 e. The third kappa shape index (κ3) is 3.09. The van der Waals surface area contributed by atoms with Gasteiger partial charge in [0.1, 0.15) is 0 Å². The summed E-state index contributed by atoms with van der Waals surface area (Å²) in [4.78, 5) is 39.9. The number of benzene rings is 1. The van der Waals surface area contributed by atoms with Gasteiger partial charge in [-0.05, 0) is 19.1 Å². The molecule has 0 aliphatic carbocycles. The second-order valence-corrected chi connectivity index (χ2v) is 4.90. The van der Waals surface area contributed by atoms with Gasteiger partial charge < -0.3 is 4.98 Å². The van der Waals surface area contributed by atoms with Gasteiger partial charge in [0.25, 0.3) is 11.2 Å². The van der Waals surface area contributed by atoms with Crippen molar-refractivity contribution in [1.29, 1.82) is 0 Å². The van der Waals surface area contributed by atoms with Crippen LogP contribution in [0.25, 0.3) is 0 Å². The maximum atomic E-state index is 11.4. The number of hydrogen-bond donors (Lipinski definition) is 1. The van der Waals surface area contributed by atoms with Gasteiger partial charge in [-0.1, -0.05) is 11.8 Å². The third-order valence-electron chi connectivity index (χ3n) is 2.41. The van der Waals surface area contributed by atoms with E-state index in [2.05, 4.69) is 9.97 Å². The van der Waals surface area contributed by atoms with Crippen LogP contribution in [0.3, 0.4) is 0 Å². The van der Waals surface area contributed by atoms with Crippen molar-refractivity contribution in [3.8, 4) is 0 Å². The molecular formula is C12H9N3O4S. The summed E-state index contributed by atoms with van der Waals surface area (Å²) < 4.78 is 0. The molecule has 2 rings (SSSR count). The fourth-order valence-electron chi connectivity index (χ4n) is 1.54. The Morgan fingerprint density at radius 3 is 2.75 bits per heavy atom. The number of nitro benzene ring substituents is 1. The van der Waals surface area contributed by atoms with Gasteiger partial charge in [0.05, 0.1) is 10.5 Å². The van der Waals surface area contributed by atoms with Crippen LogP contribution >= 0.6 is 11.8 Å². The molecule has 0 aliphatic rings. The molecule has 0 radical (unpaired) electrons. The van der Waals surface area contributed by atoms with Gasteiger partial charge in [0.2, 0.25) is 0 Å². The molecule has 20 heavy (non-hydrogen) atoms. The summed E-state index contributed by atoms with van der Waals surface area (Å²) in [6.45, 7) is 1.26. The van der Waals surface area contributed by atoms with Gasteiger partial charge in [-0.15, -0.1) is 0 Å². The van der Waals surface area contributed by atoms with E-state index in [4.69, 9.17) is 0 Å². The monoisotopic (exact) mass is 291 g/mol. The number of H-pyrrole nitrogens is 1. The SMILES string of the molecule is CC(=O)c1cc(Sc2nccc(=O)[nH]2)ccc1[N+](=O)[O-]. The molecule has 0 spiro atoms. The lowest BCUT2D eigenvalue weighted by atomic mass is 10.1. The highest BCUT2D eigenvalue weighted by Gasteiger charge is 2.18. The second-order valence-electron chi connectivity index (χ2n) is 3.83. The van der Waals surface area contributed by atoms with E-state index >= 15 is 0 Å². The van der Waals surface area contributed by atoms with E-state index in [1.165, 1.54) is 37.4 Å². The minimum atomic E-state index is -0.603. The molecule has 8 heteroatoms. The lowest BCUT2D eigenvalue weighted by Gasteiger charge is -2.03. The Hall–Kier alpha value is -2.48. The van der Waals surface area contributed by atoms with Crippen molar-refractivity contribution >= 4 is 23.2 Å². The Bertz CT molecular complexity index is 741. The summed E-state index contributed by atoms with van der Waals surface area (Å²) in [5.74, 6) is -0.395. The fraction of sp³-hybridized carbons (Fsp3) is 0.0833. The molecule has 1 aromatic heterocycles. The standard InChI is InChI=1S/C12H9N3O4S/c1-7(16)9-6-8(2-3-10(9)15(18)19)20-12-13-5-4-11(17)14-12/h2-6H,1H3,(H,13,14,17). The first-order valence-electron chi connectivity index (χ1n) is 5.50. The molecule has 0 atom stereocenters. The Balaban J connectivity index is 2.39. The van der Waals surface area contributed by atoms with E-state index in [1.807, 2.05) is 0 Å². The molecule has 1 aromatic carbocycles. The molecular weight excluding hydrogens is 282 g/mol. The van der Waals surface area contributed by atoms with Crippen molar-refractivity contribution in [3.05, 3.63) is 56.5 Å². The Labute approximate surface area is 117 Å². The normalized spacial score (nSPS) is 10.2. The quantitative estimate of drug-likeness (QED) is 0.400. The highest BCUT2D eigenvalue weighted by Crippen LogP contribution is 2.29. The topological polar surface area (TPSA) is 106 Å². The predicted molar refractivity (Wildman–Crippen MR) is 72.1 cm³/mol. The molecule has 0 amide bonds. The average Bonchev–Trinajstić information content (AvgIpc) is 2.38. The number of hydrogen-bond acceptors (Lipinski definition) is 6. The van der Waals surface area contributed by atoms with Gasteiger partial charge in [0, 0.05) is 23.2 Å². The molecule has 0 aliphatic heterocycles. The number of carbonyl (C=O) groups excluding carboxylic acids is 1. The number of Topliss-reactive ketones (excluding diaryl/α,β-unsaturated/α-hetero) is 1. The highest BCUT2D eigenvalue weighted by atomic mass is 32.2. The molecule has 1 N–H and O–H groups in total. The molecule has 7 nitrogen and oxygen atoms in total. The van der Waals surface area contributed by atoms with Crippen LogP contribution in [-0.2, 0) is 0 Å². The largest absolute Gasteiger partial charge is 0.301 e. The Morgan fingerprint density at radius 2 is 2.15 bits per heavy atom. The molecule has 1 heterocycles. The van der Waals surface area contributed by atoms with Crippen molar-refractivity contribution in [3.63, 3.8) is 0 Å². The van der Waals surface area contributed by atoms with Crippen molar-refractivity contribution in [2.75, 3.05) is 0 Å². The summed E-state index contributed by atoms with van der Waals surface area (Å²) in [5.41, 5.74) is -0.508. The van der Waals surface area contributed by atoms with E-state index in [0.29, 0.717) is 10.1 Å². The molecule has 102 valence electrons. The van der Waals surface area contributed by atoms with Gasteiger partial charge in [-0.25, -0.2) is 4.98 Å². The average molecular weight is 291 g/mol. The summed E-state index contributed by atoms with van der Waals surface area (Å²) in [6.07, 6.45) is 1.36. The zero-order chi connectivity index (χ0) is 14.7. The number of nitrogens with zero attached hydrogens (tertiary/aromatic N) is 2. The van der Waals surface area contributed by atoms with Crippen molar-refractivity contribution < 1.29 is 9.72 Å². The molecule has 0 saturated carbocycles. The van der Waals surface area contributed by atoms with Crippen LogP contribution in [0.1, 0.15) is 17.3 Å². The van der Waals surface area contributed by atoms with E-state index in [9.17, 15) is 19.7 Å². The van der Waals surface area contributed by atoms with Gasteiger partial charge in [-0.2, -0.15) is 0 Å². The van der Waals surface area contributed by atoms with E-state index < -0.39 is 10.7 Å². The zero-order valence-corrected chi connectivity index (χ0v) is 11.1. The Kier molecular flexibility index (Phi) is 3.94. The van der Waals surface area contributed by atoms with Crippen molar-refractivity contribution in [2.45, 2.75) is 17.0 Å². The van der Waals surface area contributed by atoms with Crippen LogP contribution in [0.4, 0.5) is 5.69 Å². The predicted octanol–water partition coefficient (Wildman–Crippen LogP) is 2.03. The van der Waals surface area contributed by atoms with Gasteiger partial charge >= 0.3 is 0 Å². The summed E-state index contributed by atoms with van der Waals surface area (Å²) in [5, 5.41) is 11.2. The van der Waals surface area contributed by atoms with Crippen LogP contribution in [0.15, 0.2) is 45.3 Å². The number of rotatable bonds is 4. The number of carbonyl (C=O) groups is 1. The second kappa shape index (κ2) is 5.66. The van der Waals surface area contributed by atoms with E-state index in [-0.39, 0.29) is 16.8 Å². The minimum Gasteiger partial charge on any atom is -0.301 e. The molecule has 0 unspecified atom stereocenters. The number of nitro groups is 1. The van der Waals surface area contributed by atoms with Crippen LogP contribution in [0, 0.1) is 10.1 Å². The third-order valence-corrected chi connectivity index (χ3v) is 3.30. The zero-order valence-electron chi connectivity index (χ0n) is 10.3. The number of aromatic nitrogens is 2. The lowest BCUT2D eigenvalue weighted by molar-refractivity contribution is -0.385. The van der Waals surface area contributed by atoms with Crippen LogP contribution in [-0.4, -0.2) is 20.7 Å². The first-order chi connectivity index (χ1) is 9.47. The maximum absolute atomic E-state index is 11.4.